The third kappa shape index (κ3) is 4.93. The lowest BCUT2D eigenvalue weighted by Gasteiger charge is -2.13. The Kier molecular flexibility index (Phi) is 5.97. The van der Waals surface area contributed by atoms with Gasteiger partial charge < -0.3 is 5.32 Å². The number of carbonyl (C=O) groups excluding carboxylic acids is 1. The molecule has 0 saturated heterocycles. The summed E-state index contributed by atoms with van der Waals surface area (Å²) in [5.74, 6) is -0.874. The summed E-state index contributed by atoms with van der Waals surface area (Å²) in [6.45, 7) is 3.83. The Morgan fingerprint density at radius 1 is 0.939 bits per heavy atom. The number of nitrogens with one attached hydrogen (secondary N) is 2. The number of amides is 1. The van der Waals surface area contributed by atoms with E-state index < -0.39 is 15.8 Å². The second-order valence-electron chi connectivity index (χ2n) is 7.45. The largest absolute Gasteiger partial charge is 0.320 e. The molecule has 0 aliphatic rings. The molecule has 0 saturated carbocycles. The van der Waals surface area contributed by atoms with Crippen molar-refractivity contribution in [1.29, 1.82) is 0 Å². The third-order valence-corrected chi connectivity index (χ3v) is 6.31. The number of nitrogens with zero attached hydrogens (tertiary/aromatic N) is 2. The van der Waals surface area contributed by atoms with Crippen LogP contribution in [0.5, 0.6) is 0 Å². The van der Waals surface area contributed by atoms with Gasteiger partial charge in [-0.3, -0.25) is 9.52 Å². The minimum atomic E-state index is -3.88. The fraction of sp³-hybridized carbons (Fsp3) is 0.0833. The van der Waals surface area contributed by atoms with Crippen molar-refractivity contribution in [3.8, 4) is 5.69 Å². The van der Waals surface area contributed by atoms with Gasteiger partial charge in [-0.05, 0) is 80.6 Å². The molecule has 0 unspecified atom stereocenters. The smallest absolute Gasteiger partial charge is 0.261 e. The van der Waals surface area contributed by atoms with Gasteiger partial charge in [0.1, 0.15) is 5.82 Å². The monoisotopic (exact) mass is 464 g/mol. The minimum Gasteiger partial charge on any atom is -0.320 e. The van der Waals surface area contributed by atoms with Crippen molar-refractivity contribution >= 4 is 27.3 Å². The molecule has 1 heterocycles. The van der Waals surface area contributed by atoms with Crippen LogP contribution < -0.4 is 10.0 Å². The first-order chi connectivity index (χ1) is 15.7. The summed E-state index contributed by atoms with van der Waals surface area (Å²) in [5.41, 5.74) is 3.76. The van der Waals surface area contributed by atoms with Crippen LogP contribution in [-0.4, -0.2) is 24.1 Å². The summed E-state index contributed by atoms with van der Waals surface area (Å²) in [6.07, 6.45) is 0. The zero-order valence-electron chi connectivity index (χ0n) is 17.9. The van der Waals surface area contributed by atoms with E-state index >= 15 is 0 Å². The van der Waals surface area contributed by atoms with Gasteiger partial charge in [-0.1, -0.05) is 12.1 Å². The maximum Gasteiger partial charge on any atom is 0.261 e. The highest BCUT2D eigenvalue weighted by Crippen LogP contribution is 2.23. The molecule has 33 heavy (non-hydrogen) atoms. The van der Waals surface area contributed by atoms with E-state index in [1.807, 2.05) is 38.1 Å². The van der Waals surface area contributed by atoms with Crippen molar-refractivity contribution in [2.45, 2.75) is 18.7 Å². The number of benzene rings is 3. The zero-order valence-corrected chi connectivity index (χ0v) is 18.7. The van der Waals surface area contributed by atoms with Gasteiger partial charge >= 0.3 is 0 Å². The first kappa shape index (κ1) is 22.2. The molecule has 0 spiro atoms. The van der Waals surface area contributed by atoms with E-state index in [2.05, 4.69) is 15.1 Å². The van der Waals surface area contributed by atoms with Crippen molar-refractivity contribution in [2.24, 2.45) is 0 Å². The first-order valence-electron chi connectivity index (χ1n) is 10.1. The highest BCUT2D eigenvalue weighted by atomic mass is 32.2. The fourth-order valence-corrected chi connectivity index (χ4v) is 4.41. The summed E-state index contributed by atoms with van der Waals surface area (Å²) in [5, 5.41) is 7.36. The summed E-state index contributed by atoms with van der Waals surface area (Å²) in [4.78, 5) is 12.8. The Bertz CT molecular complexity index is 1410. The molecular weight excluding hydrogens is 443 g/mol. The molecule has 1 amide bonds. The van der Waals surface area contributed by atoms with Crippen LogP contribution in [0.15, 0.2) is 83.8 Å². The second-order valence-corrected chi connectivity index (χ2v) is 9.13. The summed E-state index contributed by atoms with van der Waals surface area (Å²) >= 11 is 0. The predicted molar refractivity (Wildman–Crippen MR) is 125 cm³/mol. The highest BCUT2D eigenvalue weighted by molar-refractivity contribution is 7.92. The fourth-order valence-electron chi connectivity index (χ4n) is 3.35. The average molecular weight is 465 g/mol. The second kappa shape index (κ2) is 8.87. The topological polar surface area (TPSA) is 93.1 Å². The van der Waals surface area contributed by atoms with Crippen molar-refractivity contribution in [2.75, 3.05) is 10.0 Å². The van der Waals surface area contributed by atoms with Crippen LogP contribution in [0, 0.1) is 19.7 Å². The summed E-state index contributed by atoms with van der Waals surface area (Å²) in [7, 11) is -3.88. The van der Waals surface area contributed by atoms with E-state index in [0.29, 0.717) is 11.3 Å². The van der Waals surface area contributed by atoms with Gasteiger partial charge in [0.25, 0.3) is 15.9 Å². The number of para-hydroxylation sites is 2. The molecule has 0 aliphatic carbocycles. The molecule has 0 atom stereocenters. The van der Waals surface area contributed by atoms with Gasteiger partial charge in [0.2, 0.25) is 0 Å². The van der Waals surface area contributed by atoms with E-state index in [0.717, 1.165) is 29.2 Å². The average Bonchev–Trinajstić information content (AvgIpc) is 3.12. The lowest BCUT2D eigenvalue weighted by Crippen LogP contribution is -2.15. The first-order valence-corrected chi connectivity index (χ1v) is 11.5. The van der Waals surface area contributed by atoms with Crippen LogP contribution >= 0.6 is 0 Å². The van der Waals surface area contributed by atoms with Gasteiger partial charge in [-0.15, -0.1) is 0 Å². The highest BCUT2D eigenvalue weighted by Gasteiger charge is 2.16. The molecule has 9 heteroatoms. The quantitative estimate of drug-likeness (QED) is 0.433. The number of anilines is 2. The Hall–Kier alpha value is -3.98. The molecule has 0 fully saturated rings. The molecule has 0 radical (unpaired) electrons. The van der Waals surface area contributed by atoms with Crippen LogP contribution in [-0.2, 0) is 10.0 Å². The van der Waals surface area contributed by atoms with Crippen LogP contribution in [0.2, 0.25) is 0 Å². The van der Waals surface area contributed by atoms with Crippen molar-refractivity contribution in [1.82, 2.24) is 9.78 Å². The molecule has 3 aromatic carbocycles. The Morgan fingerprint density at radius 2 is 1.61 bits per heavy atom. The summed E-state index contributed by atoms with van der Waals surface area (Å²) in [6, 6.07) is 19.8. The molecule has 4 rings (SSSR count). The molecule has 0 bridgehead atoms. The predicted octanol–water partition coefficient (Wildman–Crippen LogP) is 4.68. The SMILES string of the molecule is Cc1cc(C)n(-c2ccccc2NC(=O)c2ccc(NS(=O)(=O)c3ccc(F)cc3)cc2)n1. The molecule has 1 aromatic heterocycles. The van der Waals surface area contributed by atoms with Gasteiger partial charge in [0, 0.05) is 16.9 Å². The number of aromatic nitrogens is 2. The van der Waals surface area contributed by atoms with Crippen molar-refractivity contribution in [3.63, 3.8) is 0 Å². The lowest BCUT2D eigenvalue weighted by molar-refractivity contribution is 0.102. The molecule has 4 aromatic rings. The van der Waals surface area contributed by atoms with Gasteiger partial charge in [-0.25, -0.2) is 17.5 Å². The van der Waals surface area contributed by atoms with Crippen molar-refractivity contribution in [3.05, 3.63) is 102 Å². The van der Waals surface area contributed by atoms with E-state index in [1.165, 1.54) is 36.4 Å². The number of carbonyl (C=O) groups is 1. The van der Waals surface area contributed by atoms with Crippen LogP contribution in [0.25, 0.3) is 5.69 Å². The van der Waals surface area contributed by atoms with E-state index in [1.54, 1.807) is 10.7 Å². The molecule has 0 aliphatic heterocycles. The van der Waals surface area contributed by atoms with Gasteiger partial charge in [0.05, 0.1) is 22.0 Å². The Morgan fingerprint density at radius 3 is 2.24 bits per heavy atom. The molecule has 2 N–H and O–H groups in total. The number of hydrogen-bond donors (Lipinski definition) is 2. The van der Waals surface area contributed by atoms with E-state index in [4.69, 9.17) is 0 Å². The lowest BCUT2D eigenvalue weighted by atomic mass is 10.2. The standard InChI is InChI=1S/C24H21FN4O3S/c1-16-15-17(2)29(27-16)23-6-4-3-5-22(23)26-24(30)18-7-11-20(12-8-18)28-33(31,32)21-13-9-19(25)10-14-21/h3-15,28H,1-2H3,(H,26,30). The minimum absolute atomic E-state index is 0.0634. The number of halogens is 1. The molecular formula is C24H21FN4O3S. The molecule has 168 valence electrons. The maximum atomic E-state index is 13.1. The Balaban J connectivity index is 1.51. The zero-order chi connectivity index (χ0) is 23.6. The van der Waals surface area contributed by atoms with E-state index in [9.17, 15) is 17.6 Å². The summed E-state index contributed by atoms with van der Waals surface area (Å²) < 4.78 is 42.1. The van der Waals surface area contributed by atoms with Crippen molar-refractivity contribution < 1.29 is 17.6 Å². The van der Waals surface area contributed by atoms with E-state index in [-0.39, 0.29) is 16.5 Å². The van der Waals surface area contributed by atoms with Gasteiger partial charge in [-0.2, -0.15) is 5.10 Å². The number of sulfonamides is 1. The third-order valence-electron chi connectivity index (χ3n) is 4.91. The van der Waals surface area contributed by atoms with Crippen LogP contribution in [0.3, 0.4) is 0 Å². The number of rotatable bonds is 6. The van der Waals surface area contributed by atoms with Gasteiger partial charge in [0.15, 0.2) is 0 Å². The van der Waals surface area contributed by atoms with Crippen LogP contribution in [0.1, 0.15) is 21.7 Å². The molecule has 7 nitrogen and oxygen atoms in total. The Labute approximate surface area is 190 Å². The normalized spacial score (nSPS) is 11.2. The number of hydrogen-bond acceptors (Lipinski definition) is 4. The van der Waals surface area contributed by atoms with Crippen LogP contribution in [0.4, 0.5) is 15.8 Å². The number of aryl methyl sites for hydroxylation is 2. The maximum absolute atomic E-state index is 13.1.